The molecule has 1 aromatic rings. The van der Waals surface area contributed by atoms with E-state index in [-0.39, 0.29) is 22.3 Å². The zero-order chi connectivity index (χ0) is 16.4. The van der Waals surface area contributed by atoms with Gasteiger partial charge in [0.15, 0.2) is 0 Å². The number of rotatable bonds is 4. The van der Waals surface area contributed by atoms with Crippen LogP contribution in [0.5, 0.6) is 5.75 Å². The number of halogens is 1. The maximum Gasteiger partial charge on any atom is 0.338 e. The molecule has 1 aromatic carbocycles. The Labute approximate surface area is 129 Å². The topological polar surface area (TPSA) is 69.7 Å². The number of carbonyl (C=O) groups excluding carboxylic acids is 1. The van der Waals surface area contributed by atoms with E-state index in [1.807, 2.05) is 0 Å². The Hall–Kier alpha value is -1.27. The van der Waals surface area contributed by atoms with Crippen LogP contribution < -0.4 is 4.74 Å². The van der Waals surface area contributed by atoms with Gasteiger partial charge in [-0.3, -0.25) is 0 Å². The lowest BCUT2D eigenvalue weighted by molar-refractivity contribution is 0.00692. The van der Waals surface area contributed by atoms with Crippen LogP contribution in [0.4, 0.5) is 0 Å². The van der Waals surface area contributed by atoms with Crippen LogP contribution in [0.1, 0.15) is 45.0 Å². The Morgan fingerprint density at radius 2 is 1.81 bits per heavy atom. The Kier molecular flexibility index (Phi) is 5.28. The first-order valence-electron chi connectivity index (χ1n) is 6.39. The first kappa shape index (κ1) is 17.8. The number of esters is 1. The number of hydrogen-bond acceptors (Lipinski definition) is 5. The summed E-state index contributed by atoms with van der Waals surface area (Å²) in [6, 6.07) is 4.00. The zero-order valence-electron chi connectivity index (χ0n) is 12.6. The molecule has 0 amide bonds. The van der Waals surface area contributed by atoms with Crippen LogP contribution in [0, 0.1) is 0 Å². The van der Waals surface area contributed by atoms with Crippen molar-refractivity contribution in [1.29, 1.82) is 0 Å². The fourth-order valence-corrected chi connectivity index (χ4v) is 2.50. The van der Waals surface area contributed by atoms with Crippen LogP contribution in [0.3, 0.4) is 0 Å². The summed E-state index contributed by atoms with van der Waals surface area (Å²) in [5, 5.41) is 0. The van der Waals surface area contributed by atoms with E-state index in [1.54, 1.807) is 34.6 Å². The van der Waals surface area contributed by atoms with Crippen molar-refractivity contribution in [1.82, 2.24) is 0 Å². The van der Waals surface area contributed by atoms with Crippen molar-refractivity contribution >= 4 is 25.7 Å². The molecule has 1 rings (SSSR count). The third kappa shape index (κ3) is 5.55. The Morgan fingerprint density at radius 1 is 1.24 bits per heavy atom. The van der Waals surface area contributed by atoms with Crippen molar-refractivity contribution in [3.63, 3.8) is 0 Å². The molecule has 0 aliphatic rings. The molecule has 0 heterocycles. The summed E-state index contributed by atoms with van der Waals surface area (Å²) in [7, 11) is 1.36. The van der Waals surface area contributed by atoms with Gasteiger partial charge < -0.3 is 9.47 Å². The van der Waals surface area contributed by atoms with E-state index in [0.717, 1.165) is 6.07 Å². The van der Waals surface area contributed by atoms with Gasteiger partial charge in [0.25, 0.3) is 9.05 Å². The molecule has 21 heavy (non-hydrogen) atoms. The Bertz CT molecular complexity index is 629. The van der Waals surface area contributed by atoms with Crippen molar-refractivity contribution in [3.05, 3.63) is 23.8 Å². The summed E-state index contributed by atoms with van der Waals surface area (Å²) in [6.07, 6.45) is -0.227. The van der Waals surface area contributed by atoms with Gasteiger partial charge in [0.2, 0.25) is 0 Å². The van der Waals surface area contributed by atoms with Crippen molar-refractivity contribution in [2.45, 2.75) is 51.2 Å². The van der Waals surface area contributed by atoms with Gasteiger partial charge in [0, 0.05) is 10.7 Å². The van der Waals surface area contributed by atoms with Gasteiger partial charge in [-0.25, -0.2) is 13.2 Å². The first-order chi connectivity index (χ1) is 9.40. The summed E-state index contributed by atoms with van der Waals surface area (Å²) in [5.41, 5.74) is -0.579. The second kappa shape index (κ2) is 6.23. The number of carbonyl (C=O) groups is 1. The highest BCUT2D eigenvalue weighted by Crippen LogP contribution is 2.29. The highest BCUT2D eigenvalue weighted by atomic mass is 35.7. The van der Waals surface area contributed by atoms with Crippen LogP contribution >= 0.6 is 10.7 Å². The number of hydrogen-bond donors (Lipinski definition) is 0. The Balaban J connectivity index is 3.25. The molecule has 0 unspecified atom stereocenters. The average molecular weight is 335 g/mol. The van der Waals surface area contributed by atoms with Gasteiger partial charge in [0.05, 0.1) is 11.7 Å². The molecule has 0 N–H and O–H groups in total. The predicted octanol–water partition coefficient (Wildman–Crippen LogP) is 3.36. The van der Waals surface area contributed by atoms with Gasteiger partial charge >= 0.3 is 5.97 Å². The van der Waals surface area contributed by atoms with Crippen molar-refractivity contribution < 1.29 is 22.7 Å². The maximum atomic E-state index is 12.0. The number of ether oxygens (including phenoxy) is 2. The molecule has 0 saturated heterocycles. The van der Waals surface area contributed by atoms with Gasteiger partial charge in [-0.05, 0) is 52.8 Å². The molecule has 0 fully saturated rings. The largest absolute Gasteiger partial charge is 0.490 e. The lowest BCUT2D eigenvalue weighted by Crippen LogP contribution is -2.24. The molecule has 0 radical (unpaired) electrons. The van der Waals surface area contributed by atoms with Crippen LogP contribution in [-0.2, 0) is 13.8 Å². The minimum Gasteiger partial charge on any atom is -0.490 e. The monoisotopic (exact) mass is 334 g/mol. The molecule has 5 nitrogen and oxygen atoms in total. The van der Waals surface area contributed by atoms with E-state index in [4.69, 9.17) is 20.2 Å². The van der Waals surface area contributed by atoms with Crippen LogP contribution in [0.2, 0.25) is 0 Å². The smallest absolute Gasteiger partial charge is 0.338 e. The summed E-state index contributed by atoms with van der Waals surface area (Å²) < 4.78 is 33.8. The average Bonchev–Trinajstić information content (AvgIpc) is 2.24. The lowest BCUT2D eigenvalue weighted by atomic mass is 10.1. The van der Waals surface area contributed by atoms with E-state index in [9.17, 15) is 13.2 Å². The third-order valence-corrected chi connectivity index (χ3v) is 3.55. The summed E-state index contributed by atoms with van der Waals surface area (Å²) in [6.45, 7) is 8.68. The highest BCUT2D eigenvalue weighted by molar-refractivity contribution is 8.13. The maximum absolute atomic E-state index is 12.0. The van der Waals surface area contributed by atoms with Crippen molar-refractivity contribution in [2.24, 2.45) is 0 Å². The standard InChI is InChI=1S/C14H19ClO5S/c1-9(2)19-11-7-6-10(8-12(11)21(15,17)18)13(16)20-14(3,4)5/h6-9H,1-5H3. The van der Waals surface area contributed by atoms with Gasteiger partial charge in [-0.2, -0.15) is 0 Å². The quantitative estimate of drug-likeness (QED) is 0.623. The van der Waals surface area contributed by atoms with Crippen LogP contribution in [-0.4, -0.2) is 26.1 Å². The molecule has 118 valence electrons. The van der Waals surface area contributed by atoms with E-state index in [2.05, 4.69) is 0 Å². The highest BCUT2D eigenvalue weighted by Gasteiger charge is 2.23. The van der Waals surface area contributed by atoms with Gasteiger partial charge in [0.1, 0.15) is 16.2 Å². The zero-order valence-corrected chi connectivity index (χ0v) is 14.2. The molecule has 0 bridgehead atoms. The molecule has 0 saturated carbocycles. The molecular formula is C14H19ClO5S. The SMILES string of the molecule is CC(C)Oc1ccc(C(=O)OC(C)(C)C)cc1S(=O)(=O)Cl. The molecule has 0 spiro atoms. The second-order valence-corrected chi connectivity index (χ2v) is 8.30. The Morgan fingerprint density at radius 3 is 2.24 bits per heavy atom. The molecular weight excluding hydrogens is 316 g/mol. The summed E-state index contributed by atoms with van der Waals surface area (Å²) >= 11 is 0. The van der Waals surface area contributed by atoms with Gasteiger partial charge in [-0.15, -0.1) is 0 Å². The van der Waals surface area contributed by atoms with E-state index >= 15 is 0 Å². The lowest BCUT2D eigenvalue weighted by Gasteiger charge is -2.20. The van der Waals surface area contributed by atoms with E-state index in [0.29, 0.717) is 0 Å². The fourth-order valence-electron chi connectivity index (χ4n) is 1.51. The fraction of sp³-hybridized carbons (Fsp3) is 0.500. The van der Waals surface area contributed by atoms with Crippen LogP contribution in [0.25, 0.3) is 0 Å². The molecule has 0 aliphatic carbocycles. The molecule has 0 aliphatic heterocycles. The molecule has 7 heteroatoms. The molecule has 0 aromatic heterocycles. The third-order valence-electron chi connectivity index (χ3n) is 2.20. The summed E-state index contributed by atoms with van der Waals surface area (Å²) in [4.78, 5) is 11.7. The molecule has 0 atom stereocenters. The number of benzene rings is 1. The normalized spacial score (nSPS) is 12.3. The summed E-state index contributed by atoms with van der Waals surface area (Å²) in [5.74, 6) is -0.521. The second-order valence-electron chi connectivity index (χ2n) is 5.77. The van der Waals surface area contributed by atoms with Gasteiger partial charge in [-0.1, -0.05) is 0 Å². The predicted molar refractivity (Wildman–Crippen MR) is 80.4 cm³/mol. The van der Waals surface area contributed by atoms with Crippen LogP contribution in [0.15, 0.2) is 23.1 Å². The van der Waals surface area contributed by atoms with Crippen molar-refractivity contribution in [3.8, 4) is 5.75 Å². The van der Waals surface area contributed by atoms with Crippen molar-refractivity contribution in [2.75, 3.05) is 0 Å². The van der Waals surface area contributed by atoms with E-state index in [1.165, 1.54) is 12.1 Å². The first-order valence-corrected chi connectivity index (χ1v) is 8.70. The van der Waals surface area contributed by atoms with E-state index < -0.39 is 20.6 Å². The minimum absolute atomic E-state index is 0.0975. The minimum atomic E-state index is -4.04.